The SMILES string of the molecule is Cl.Nc1ncc(-c2ccc(-c3ccccc3Sc3ncccn3)cc2F)cn1. The predicted molar refractivity (Wildman–Crippen MR) is 111 cm³/mol. The monoisotopic (exact) mass is 411 g/mol. The first kappa shape index (κ1) is 19.7. The molecule has 2 aromatic carbocycles. The van der Waals surface area contributed by atoms with Crippen molar-refractivity contribution in [3.63, 3.8) is 0 Å². The minimum atomic E-state index is -0.350. The number of anilines is 1. The van der Waals surface area contributed by atoms with Gasteiger partial charge in [0.2, 0.25) is 5.95 Å². The molecule has 4 rings (SSSR count). The minimum absolute atomic E-state index is 0. The highest BCUT2D eigenvalue weighted by atomic mass is 35.5. The van der Waals surface area contributed by atoms with E-state index in [9.17, 15) is 4.39 Å². The fourth-order valence-electron chi connectivity index (χ4n) is 2.62. The van der Waals surface area contributed by atoms with Gasteiger partial charge in [0.15, 0.2) is 5.16 Å². The second-order valence-corrected chi connectivity index (χ2v) is 6.66. The van der Waals surface area contributed by atoms with E-state index in [1.807, 2.05) is 30.3 Å². The lowest BCUT2D eigenvalue weighted by atomic mass is 10.0. The van der Waals surface area contributed by atoms with Crippen LogP contribution in [0.25, 0.3) is 22.3 Å². The Morgan fingerprint density at radius 2 is 1.50 bits per heavy atom. The van der Waals surface area contributed by atoms with Crippen LogP contribution >= 0.6 is 24.2 Å². The highest BCUT2D eigenvalue weighted by molar-refractivity contribution is 7.99. The van der Waals surface area contributed by atoms with Gasteiger partial charge in [0.05, 0.1) is 0 Å². The number of rotatable bonds is 4. The Morgan fingerprint density at radius 1 is 0.786 bits per heavy atom. The molecular weight excluding hydrogens is 397 g/mol. The van der Waals surface area contributed by atoms with Crippen LogP contribution in [0.2, 0.25) is 0 Å². The Kier molecular flexibility index (Phi) is 6.18. The first-order valence-corrected chi connectivity index (χ1v) is 8.94. The predicted octanol–water partition coefficient (Wildman–Crippen LogP) is 4.89. The van der Waals surface area contributed by atoms with Gasteiger partial charge in [0.25, 0.3) is 0 Å². The van der Waals surface area contributed by atoms with Crippen LogP contribution in [0.15, 0.2) is 83.4 Å². The Morgan fingerprint density at radius 3 is 2.21 bits per heavy atom. The highest BCUT2D eigenvalue weighted by Gasteiger charge is 2.12. The zero-order chi connectivity index (χ0) is 18.6. The van der Waals surface area contributed by atoms with Gasteiger partial charge in [-0.3, -0.25) is 0 Å². The van der Waals surface area contributed by atoms with Crippen molar-refractivity contribution in [3.05, 3.63) is 79.1 Å². The van der Waals surface area contributed by atoms with Crippen LogP contribution in [0.3, 0.4) is 0 Å². The van der Waals surface area contributed by atoms with Gasteiger partial charge in [-0.1, -0.05) is 30.3 Å². The van der Waals surface area contributed by atoms with Gasteiger partial charge in [-0.15, -0.1) is 12.4 Å². The second kappa shape index (κ2) is 8.77. The summed E-state index contributed by atoms with van der Waals surface area (Å²) < 4.78 is 14.8. The normalized spacial score (nSPS) is 10.3. The molecule has 2 heterocycles. The Balaban J connectivity index is 0.00000225. The molecule has 0 aliphatic carbocycles. The molecule has 0 saturated heterocycles. The molecule has 0 atom stereocenters. The molecule has 0 unspecified atom stereocenters. The maximum atomic E-state index is 14.8. The van der Waals surface area contributed by atoms with Gasteiger partial charge in [-0.2, -0.15) is 0 Å². The first-order chi connectivity index (χ1) is 13.2. The summed E-state index contributed by atoms with van der Waals surface area (Å²) in [4.78, 5) is 17.3. The first-order valence-electron chi connectivity index (χ1n) is 8.12. The number of hydrogen-bond acceptors (Lipinski definition) is 6. The molecule has 4 aromatic rings. The van der Waals surface area contributed by atoms with Crippen molar-refractivity contribution < 1.29 is 4.39 Å². The summed E-state index contributed by atoms with van der Waals surface area (Å²) in [5.74, 6) is -0.193. The summed E-state index contributed by atoms with van der Waals surface area (Å²) in [5, 5.41) is 0.640. The molecule has 0 aliphatic heterocycles. The molecular formula is C20H15ClFN5S. The van der Waals surface area contributed by atoms with Crippen LogP contribution in [0.4, 0.5) is 10.3 Å². The Hall–Kier alpha value is -3.03. The molecule has 28 heavy (non-hydrogen) atoms. The van der Waals surface area contributed by atoms with E-state index in [1.54, 1.807) is 24.5 Å². The van der Waals surface area contributed by atoms with E-state index in [0.717, 1.165) is 16.0 Å². The third-order valence-electron chi connectivity index (χ3n) is 3.89. The van der Waals surface area contributed by atoms with Crippen molar-refractivity contribution in [2.75, 3.05) is 5.73 Å². The highest BCUT2D eigenvalue weighted by Crippen LogP contribution is 2.35. The van der Waals surface area contributed by atoms with Crippen LogP contribution in [-0.4, -0.2) is 19.9 Å². The Bertz CT molecular complexity index is 1080. The molecule has 0 fully saturated rings. The number of nitrogens with two attached hydrogens (primary N) is 1. The fraction of sp³-hybridized carbons (Fsp3) is 0. The number of halogens is 2. The van der Waals surface area contributed by atoms with E-state index in [2.05, 4.69) is 19.9 Å². The maximum Gasteiger partial charge on any atom is 0.219 e. The Labute approximate surface area is 171 Å². The molecule has 0 saturated carbocycles. The maximum absolute atomic E-state index is 14.8. The standard InChI is InChI=1S/C20H14FN5S.ClH/c21-17-10-13(6-7-15(17)14-11-25-19(22)26-12-14)16-4-1-2-5-18(16)27-20-23-8-3-9-24-20;/h1-12H,(H2,22,25,26);1H. The number of nitrogens with zero attached hydrogens (tertiary/aromatic N) is 4. The van der Waals surface area contributed by atoms with E-state index in [4.69, 9.17) is 5.73 Å². The van der Waals surface area contributed by atoms with Crippen LogP contribution < -0.4 is 5.73 Å². The average molecular weight is 412 g/mol. The van der Waals surface area contributed by atoms with Crippen LogP contribution in [0.5, 0.6) is 0 Å². The molecule has 2 aromatic heterocycles. The van der Waals surface area contributed by atoms with E-state index in [-0.39, 0.29) is 24.2 Å². The smallest absolute Gasteiger partial charge is 0.219 e. The van der Waals surface area contributed by atoms with Gasteiger partial charge in [-0.25, -0.2) is 24.3 Å². The van der Waals surface area contributed by atoms with Gasteiger partial charge >= 0.3 is 0 Å². The molecule has 5 nitrogen and oxygen atoms in total. The second-order valence-electron chi connectivity index (χ2n) is 5.65. The van der Waals surface area contributed by atoms with Crippen LogP contribution in [0.1, 0.15) is 0 Å². The third kappa shape index (κ3) is 4.27. The van der Waals surface area contributed by atoms with Gasteiger partial charge < -0.3 is 5.73 Å². The lowest BCUT2D eigenvalue weighted by Crippen LogP contribution is -1.95. The largest absolute Gasteiger partial charge is 0.368 e. The van der Waals surface area contributed by atoms with Crippen molar-refractivity contribution in [1.29, 1.82) is 0 Å². The van der Waals surface area contributed by atoms with Gasteiger partial charge in [0.1, 0.15) is 5.82 Å². The lowest BCUT2D eigenvalue weighted by Gasteiger charge is -2.10. The summed E-state index contributed by atoms with van der Waals surface area (Å²) >= 11 is 1.44. The summed E-state index contributed by atoms with van der Waals surface area (Å²) in [7, 11) is 0. The van der Waals surface area contributed by atoms with Crippen molar-refractivity contribution >= 4 is 30.1 Å². The molecule has 0 bridgehead atoms. The lowest BCUT2D eigenvalue weighted by molar-refractivity contribution is 0.631. The molecule has 140 valence electrons. The molecule has 0 aliphatic rings. The van der Waals surface area contributed by atoms with Crippen LogP contribution in [0, 0.1) is 5.82 Å². The summed E-state index contributed by atoms with van der Waals surface area (Å²) in [5.41, 5.74) is 8.18. The number of nitrogen functional groups attached to an aromatic ring is 1. The zero-order valence-electron chi connectivity index (χ0n) is 14.5. The van der Waals surface area contributed by atoms with E-state index < -0.39 is 0 Å². The van der Waals surface area contributed by atoms with Gasteiger partial charge in [0, 0.05) is 40.8 Å². The molecule has 2 N–H and O–H groups in total. The molecule has 0 amide bonds. The third-order valence-corrected chi connectivity index (χ3v) is 4.86. The van der Waals surface area contributed by atoms with Crippen LogP contribution in [-0.2, 0) is 0 Å². The minimum Gasteiger partial charge on any atom is -0.368 e. The summed E-state index contributed by atoms with van der Waals surface area (Å²) in [6.45, 7) is 0. The molecule has 8 heteroatoms. The van der Waals surface area contributed by atoms with Crippen molar-refractivity contribution in [2.45, 2.75) is 10.1 Å². The fourth-order valence-corrected chi connectivity index (χ4v) is 3.49. The van der Waals surface area contributed by atoms with E-state index in [0.29, 0.717) is 16.3 Å². The number of hydrogen-bond donors (Lipinski definition) is 1. The quantitative estimate of drug-likeness (QED) is 0.481. The van der Waals surface area contributed by atoms with Gasteiger partial charge in [-0.05, 0) is 41.1 Å². The topological polar surface area (TPSA) is 77.6 Å². The zero-order valence-corrected chi connectivity index (χ0v) is 16.1. The number of aromatic nitrogens is 4. The summed E-state index contributed by atoms with van der Waals surface area (Å²) in [6, 6.07) is 14.7. The van der Waals surface area contributed by atoms with Crippen molar-refractivity contribution in [1.82, 2.24) is 19.9 Å². The van der Waals surface area contributed by atoms with E-state index in [1.165, 1.54) is 30.2 Å². The van der Waals surface area contributed by atoms with Crippen molar-refractivity contribution in [2.24, 2.45) is 0 Å². The summed E-state index contributed by atoms with van der Waals surface area (Å²) in [6.07, 6.45) is 6.41. The molecule has 0 spiro atoms. The number of benzene rings is 2. The average Bonchev–Trinajstić information content (AvgIpc) is 2.70. The molecule has 0 radical (unpaired) electrons. The van der Waals surface area contributed by atoms with Crippen molar-refractivity contribution in [3.8, 4) is 22.3 Å². The van der Waals surface area contributed by atoms with E-state index >= 15 is 0 Å².